The molecule has 1 aliphatic heterocycles. The summed E-state index contributed by atoms with van der Waals surface area (Å²) < 4.78 is 0. The molecule has 2 heteroatoms. The molecule has 0 radical (unpaired) electrons. The third-order valence-electron chi connectivity index (χ3n) is 5.25. The monoisotopic (exact) mass is 260 g/mol. The maximum absolute atomic E-state index is 5.52. The minimum atomic E-state index is 0.687. The van der Waals surface area contributed by atoms with Crippen molar-refractivity contribution in [2.24, 2.45) is 11.8 Å². The molecule has 1 heterocycles. The first-order chi connectivity index (χ1) is 9.35. The second kappa shape index (κ2) is 6.29. The quantitative estimate of drug-likeness (QED) is 0.765. The molecule has 0 aromatic heterocycles. The van der Waals surface area contributed by atoms with Gasteiger partial charge in [0.25, 0.3) is 0 Å². The van der Waals surface area contributed by atoms with Gasteiger partial charge in [-0.05, 0) is 50.4 Å². The van der Waals surface area contributed by atoms with E-state index in [1.165, 1.54) is 64.5 Å². The summed E-state index contributed by atoms with van der Waals surface area (Å²) in [4.78, 5) is 2.51. The molecule has 19 heavy (non-hydrogen) atoms. The summed E-state index contributed by atoms with van der Waals surface area (Å²) in [6.45, 7) is 3.24. The van der Waals surface area contributed by atoms with Crippen molar-refractivity contribution < 1.29 is 0 Å². The Labute approximate surface area is 118 Å². The van der Waals surface area contributed by atoms with Crippen molar-refractivity contribution in [2.45, 2.75) is 63.5 Å². The first kappa shape index (κ1) is 13.5. The summed E-state index contributed by atoms with van der Waals surface area (Å²) in [5, 5.41) is 3.93. The Morgan fingerprint density at radius 2 is 1.84 bits per heavy atom. The molecule has 2 aliphatic carbocycles. The standard InChI is InChI=1S/C17H28N2/c1-2-11-19(12-14-7-8-14)13-16-10-9-15-5-3-4-6-17(15)18-16/h1,14-18H,3-13H2. The predicted octanol–water partition coefficient (Wildman–Crippen LogP) is 2.64. The average molecular weight is 260 g/mol. The zero-order valence-corrected chi connectivity index (χ0v) is 12.1. The molecule has 2 nitrogen and oxygen atoms in total. The average Bonchev–Trinajstić information content (AvgIpc) is 3.23. The van der Waals surface area contributed by atoms with E-state index in [9.17, 15) is 0 Å². The molecular weight excluding hydrogens is 232 g/mol. The zero-order valence-electron chi connectivity index (χ0n) is 12.1. The molecule has 3 rings (SSSR count). The van der Waals surface area contributed by atoms with E-state index in [1.807, 2.05) is 0 Å². The fourth-order valence-corrected chi connectivity index (χ4v) is 4.03. The van der Waals surface area contributed by atoms with Gasteiger partial charge in [-0.15, -0.1) is 6.42 Å². The van der Waals surface area contributed by atoms with Gasteiger partial charge < -0.3 is 5.32 Å². The van der Waals surface area contributed by atoms with Gasteiger partial charge in [-0.3, -0.25) is 4.90 Å². The van der Waals surface area contributed by atoms with Crippen molar-refractivity contribution in [3.05, 3.63) is 0 Å². The Balaban J connectivity index is 1.49. The highest BCUT2D eigenvalue weighted by Crippen LogP contribution is 2.33. The van der Waals surface area contributed by atoms with Crippen molar-refractivity contribution in [1.82, 2.24) is 10.2 Å². The Bertz CT molecular complexity index is 329. The summed E-state index contributed by atoms with van der Waals surface area (Å²) in [5.74, 6) is 4.76. The SMILES string of the molecule is C#CCN(CC1CC1)CC1CCC2CCCCC2N1. The summed E-state index contributed by atoms with van der Waals surface area (Å²) in [6.07, 6.45) is 16.9. The first-order valence-electron chi connectivity index (χ1n) is 8.27. The third kappa shape index (κ3) is 3.74. The third-order valence-corrected chi connectivity index (χ3v) is 5.25. The van der Waals surface area contributed by atoms with Crippen molar-refractivity contribution in [1.29, 1.82) is 0 Å². The van der Waals surface area contributed by atoms with Crippen molar-refractivity contribution in [3.8, 4) is 12.3 Å². The van der Waals surface area contributed by atoms with Crippen LogP contribution in [0.1, 0.15) is 51.4 Å². The van der Waals surface area contributed by atoms with Crippen LogP contribution >= 0.6 is 0 Å². The van der Waals surface area contributed by atoms with E-state index >= 15 is 0 Å². The number of rotatable bonds is 5. The van der Waals surface area contributed by atoms with Crippen LogP contribution < -0.4 is 5.32 Å². The highest BCUT2D eigenvalue weighted by atomic mass is 15.2. The van der Waals surface area contributed by atoms with Crippen LogP contribution in [-0.4, -0.2) is 36.6 Å². The molecule has 3 fully saturated rings. The van der Waals surface area contributed by atoms with Crippen LogP contribution in [0.25, 0.3) is 0 Å². The normalized spacial score (nSPS) is 34.8. The molecular formula is C17H28N2. The molecule has 0 amide bonds. The van der Waals surface area contributed by atoms with Gasteiger partial charge >= 0.3 is 0 Å². The van der Waals surface area contributed by atoms with Crippen LogP contribution in [0.15, 0.2) is 0 Å². The molecule has 1 N–H and O–H groups in total. The number of nitrogens with zero attached hydrogens (tertiary/aromatic N) is 1. The predicted molar refractivity (Wildman–Crippen MR) is 79.9 cm³/mol. The van der Waals surface area contributed by atoms with Crippen LogP contribution in [0, 0.1) is 24.2 Å². The fourth-order valence-electron chi connectivity index (χ4n) is 4.03. The Morgan fingerprint density at radius 3 is 2.63 bits per heavy atom. The van der Waals surface area contributed by atoms with Crippen LogP contribution in [-0.2, 0) is 0 Å². The number of hydrogen-bond acceptors (Lipinski definition) is 2. The largest absolute Gasteiger partial charge is 0.310 e. The summed E-state index contributed by atoms with van der Waals surface area (Å²) in [5.41, 5.74) is 0. The topological polar surface area (TPSA) is 15.3 Å². The summed E-state index contributed by atoms with van der Waals surface area (Å²) >= 11 is 0. The molecule has 0 bridgehead atoms. The molecule has 3 aliphatic rings. The first-order valence-corrected chi connectivity index (χ1v) is 8.27. The van der Waals surface area contributed by atoms with Gasteiger partial charge in [0.15, 0.2) is 0 Å². The Morgan fingerprint density at radius 1 is 1.00 bits per heavy atom. The zero-order chi connectivity index (χ0) is 13.1. The molecule has 106 valence electrons. The molecule has 0 aromatic carbocycles. The van der Waals surface area contributed by atoms with Gasteiger partial charge in [0.1, 0.15) is 0 Å². The lowest BCUT2D eigenvalue weighted by Crippen LogP contribution is -2.53. The molecule has 3 unspecified atom stereocenters. The molecule has 2 saturated carbocycles. The van der Waals surface area contributed by atoms with E-state index in [0.717, 1.165) is 24.4 Å². The number of piperidine rings is 1. The number of hydrogen-bond donors (Lipinski definition) is 1. The van der Waals surface area contributed by atoms with Gasteiger partial charge in [0, 0.05) is 25.2 Å². The number of terminal acetylenes is 1. The van der Waals surface area contributed by atoms with E-state index in [4.69, 9.17) is 6.42 Å². The van der Waals surface area contributed by atoms with Gasteiger partial charge in [-0.25, -0.2) is 0 Å². The van der Waals surface area contributed by atoms with Gasteiger partial charge in [0.05, 0.1) is 6.54 Å². The lowest BCUT2D eigenvalue weighted by molar-refractivity contribution is 0.147. The van der Waals surface area contributed by atoms with E-state index in [1.54, 1.807) is 0 Å². The summed E-state index contributed by atoms with van der Waals surface area (Å²) in [6, 6.07) is 1.49. The second-order valence-corrected chi connectivity index (χ2v) is 6.93. The molecule has 3 atom stereocenters. The number of nitrogens with one attached hydrogen (secondary N) is 1. The summed E-state index contributed by atoms with van der Waals surface area (Å²) in [7, 11) is 0. The molecule has 0 aromatic rings. The highest BCUT2D eigenvalue weighted by Gasteiger charge is 2.33. The Hall–Kier alpha value is -0.520. The highest BCUT2D eigenvalue weighted by molar-refractivity contribution is 4.94. The van der Waals surface area contributed by atoms with E-state index in [-0.39, 0.29) is 0 Å². The maximum atomic E-state index is 5.52. The molecule has 0 spiro atoms. The van der Waals surface area contributed by atoms with Crippen LogP contribution in [0.5, 0.6) is 0 Å². The smallest absolute Gasteiger partial charge is 0.0599 e. The minimum absolute atomic E-state index is 0.687. The van der Waals surface area contributed by atoms with E-state index in [0.29, 0.717) is 6.04 Å². The number of fused-ring (bicyclic) bond motifs is 1. The lowest BCUT2D eigenvalue weighted by Gasteiger charge is -2.41. The second-order valence-electron chi connectivity index (χ2n) is 6.93. The van der Waals surface area contributed by atoms with Crippen LogP contribution in [0.3, 0.4) is 0 Å². The Kier molecular flexibility index (Phi) is 4.45. The fraction of sp³-hybridized carbons (Fsp3) is 0.882. The van der Waals surface area contributed by atoms with E-state index in [2.05, 4.69) is 16.1 Å². The molecule has 1 saturated heterocycles. The lowest BCUT2D eigenvalue weighted by atomic mass is 9.77. The van der Waals surface area contributed by atoms with Crippen molar-refractivity contribution in [3.63, 3.8) is 0 Å². The van der Waals surface area contributed by atoms with Crippen LogP contribution in [0.4, 0.5) is 0 Å². The van der Waals surface area contributed by atoms with Crippen LogP contribution in [0.2, 0.25) is 0 Å². The maximum Gasteiger partial charge on any atom is 0.0599 e. The van der Waals surface area contributed by atoms with Crippen molar-refractivity contribution in [2.75, 3.05) is 19.6 Å². The van der Waals surface area contributed by atoms with E-state index < -0.39 is 0 Å². The van der Waals surface area contributed by atoms with Crippen molar-refractivity contribution >= 4 is 0 Å². The minimum Gasteiger partial charge on any atom is -0.310 e. The van der Waals surface area contributed by atoms with Gasteiger partial charge in [-0.1, -0.05) is 18.8 Å². The van der Waals surface area contributed by atoms with Gasteiger partial charge in [0.2, 0.25) is 0 Å². The van der Waals surface area contributed by atoms with Gasteiger partial charge in [-0.2, -0.15) is 0 Å².